The maximum absolute atomic E-state index is 12.2. The molecule has 13 heavy (non-hydrogen) atoms. The molecule has 1 rings (SSSR count). The Balaban J connectivity index is 3.16. The zero-order chi connectivity index (χ0) is 10.1. The SMILES string of the molecule is NNc1cc(Br)cc(C(F)(F)F)c1. The van der Waals surface area contributed by atoms with Gasteiger partial charge < -0.3 is 5.43 Å². The zero-order valence-electron chi connectivity index (χ0n) is 6.32. The second-order valence-electron chi connectivity index (χ2n) is 2.37. The largest absolute Gasteiger partial charge is 0.416 e. The van der Waals surface area contributed by atoms with Gasteiger partial charge in [0.05, 0.1) is 11.3 Å². The van der Waals surface area contributed by atoms with Gasteiger partial charge in [0, 0.05) is 4.47 Å². The molecule has 0 aliphatic carbocycles. The highest BCUT2D eigenvalue weighted by atomic mass is 79.9. The molecular formula is C7H6BrF3N2. The Morgan fingerprint density at radius 2 is 1.85 bits per heavy atom. The van der Waals surface area contributed by atoms with Crippen molar-refractivity contribution < 1.29 is 13.2 Å². The second kappa shape index (κ2) is 3.55. The van der Waals surface area contributed by atoms with Crippen LogP contribution in [0.15, 0.2) is 22.7 Å². The van der Waals surface area contributed by atoms with Gasteiger partial charge >= 0.3 is 6.18 Å². The standard InChI is InChI=1S/C7H6BrF3N2/c8-5-1-4(7(9,10)11)2-6(3-5)13-12/h1-3,13H,12H2. The summed E-state index contributed by atoms with van der Waals surface area (Å²) >= 11 is 2.95. The van der Waals surface area contributed by atoms with Crippen LogP contribution < -0.4 is 11.3 Å². The third-order valence-electron chi connectivity index (χ3n) is 1.39. The number of anilines is 1. The molecule has 72 valence electrons. The molecule has 0 aromatic heterocycles. The molecule has 0 saturated heterocycles. The molecular weight excluding hydrogens is 249 g/mol. The van der Waals surface area contributed by atoms with Crippen LogP contribution in [0.1, 0.15) is 5.56 Å². The summed E-state index contributed by atoms with van der Waals surface area (Å²) in [6.07, 6.45) is -4.35. The lowest BCUT2D eigenvalue weighted by molar-refractivity contribution is -0.137. The molecule has 0 aliphatic rings. The minimum absolute atomic E-state index is 0.210. The molecule has 0 unspecified atom stereocenters. The van der Waals surface area contributed by atoms with Gasteiger partial charge in [0.25, 0.3) is 0 Å². The Morgan fingerprint density at radius 3 is 2.31 bits per heavy atom. The summed E-state index contributed by atoms with van der Waals surface area (Å²) in [7, 11) is 0. The third kappa shape index (κ3) is 2.60. The number of benzene rings is 1. The van der Waals surface area contributed by atoms with Gasteiger partial charge in [-0.1, -0.05) is 15.9 Å². The van der Waals surface area contributed by atoms with Crippen molar-refractivity contribution >= 4 is 21.6 Å². The lowest BCUT2D eigenvalue weighted by atomic mass is 10.2. The van der Waals surface area contributed by atoms with Gasteiger partial charge in [-0.3, -0.25) is 5.84 Å². The normalized spacial score (nSPS) is 11.5. The van der Waals surface area contributed by atoms with Crippen molar-refractivity contribution in [2.75, 3.05) is 5.43 Å². The number of hydrogen-bond acceptors (Lipinski definition) is 2. The summed E-state index contributed by atoms with van der Waals surface area (Å²) in [6.45, 7) is 0. The lowest BCUT2D eigenvalue weighted by Gasteiger charge is -2.09. The van der Waals surface area contributed by atoms with Crippen molar-refractivity contribution in [1.82, 2.24) is 0 Å². The van der Waals surface area contributed by atoms with Gasteiger partial charge in [0.1, 0.15) is 0 Å². The van der Waals surface area contributed by atoms with Gasteiger partial charge in [-0.05, 0) is 18.2 Å². The molecule has 0 heterocycles. The first-order valence-electron chi connectivity index (χ1n) is 3.28. The first-order valence-corrected chi connectivity index (χ1v) is 4.07. The second-order valence-corrected chi connectivity index (χ2v) is 3.29. The number of nitrogens with one attached hydrogen (secondary N) is 1. The summed E-state index contributed by atoms with van der Waals surface area (Å²) in [5.41, 5.74) is 1.62. The minimum Gasteiger partial charge on any atom is -0.324 e. The Labute approximate surface area is 81.0 Å². The Bertz CT molecular complexity index is 311. The van der Waals surface area contributed by atoms with Crippen molar-refractivity contribution in [1.29, 1.82) is 0 Å². The van der Waals surface area contributed by atoms with E-state index in [4.69, 9.17) is 5.84 Å². The number of hydrogen-bond donors (Lipinski definition) is 2. The maximum Gasteiger partial charge on any atom is 0.416 e. The van der Waals surface area contributed by atoms with Gasteiger partial charge in [-0.15, -0.1) is 0 Å². The van der Waals surface area contributed by atoms with Gasteiger partial charge in [-0.25, -0.2) is 0 Å². The van der Waals surface area contributed by atoms with Crippen molar-refractivity contribution in [3.63, 3.8) is 0 Å². The van der Waals surface area contributed by atoms with Crippen molar-refractivity contribution in [3.8, 4) is 0 Å². The van der Waals surface area contributed by atoms with E-state index in [2.05, 4.69) is 21.4 Å². The average molecular weight is 255 g/mol. The molecule has 0 aliphatic heterocycles. The topological polar surface area (TPSA) is 38.0 Å². The molecule has 0 atom stereocenters. The fourth-order valence-corrected chi connectivity index (χ4v) is 1.33. The van der Waals surface area contributed by atoms with Crippen LogP contribution in [0.5, 0.6) is 0 Å². The maximum atomic E-state index is 12.2. The van der Waals surface area contributed by atoms with Crippen molar-refractivity contribution in [2.24, 2.45) is 5.84 Å². The molecule has 0 saturated carbocycles. The fourth-order valence-electron chi connectivity index (χ4n) is 0.837. The smallest absolute Gasteiger partial charge is 0.324 e. The number of alkyl halides is 3. The predicted molar refractivity (Wildman–Crippen MR) is 47.0 cm³/mol. The molecule has 3 N–H and O–H groups in total. The predicted octanol–water partition coefficient (Wildman–Crippen LogP) is 2.75. The quantitative estimate of drug-likeness (QED) is 0.598. The first-order chi connectivity index (χ1) is 5.93. The van der Waals surface area contributed by atoms with Crippen LogP contribution in [0.3, 0.4) is 0 Å². The third-order valence-corrected chi connectivity index (χ3v) is 1.85. The van der Waals surface area contributed by atoms with Gasteiger partial charge in [-0.2, -0.15) is 13.2 Å². The number of nitrogen functional groups attached to an aromatic ring is 1. The van der Waals surface area contributed by atoms with E-state index in [-0.39, 0.29) is 5.69 Å². The fraction of sp³-hybridized carbons (Fsp3) is 0.143. The number of nitrogens with two attached hydrogens (primary N) is 1. The molecule has 0 spiro atoms. The van der Waals surface area contributed by atoms with Crippen molar-refractivity contribution in [3.05, 3.63) is 28.2 Å². The van der Waals surface area contributed by atoms with E-state index in [1.807, 2.05) is 0 Å². The highest BCUT2D eigenvalue weighted by molar-refractivity contribution is 9.10. The Hall–Kier alpha value is -0.750. The zero-order valence-corrected chi connectivity index (χ0v) is 7.91. The first kappa shape index (κ1) is 10.3. The Morgan fingerprint density at radius 1 is 1.23 bits per heavy atom. The number of rotatable bonds is 1. The van der Waals surface area contributed by atoms with E-state index in [1.165, 1.54) is 6.07 Å². The van der Waals surface area contributed by atoms with E-state index in [0.717, 1.165) is 12.1 Å². The summed E-state index contributed by atoms with van der Waals surface area (Å²) in [5.74, 6) is 4.99. The molecule has 0 radical (unpaired) electrons. The van der Waals surface area contributed by atoms with Crippen LogP contribution >= 0.6 is 15.9 Å². The van der Waals surface area contributed by atoms with Crippen LogP contribution in [-0.2, 0) is 6.18 Å². The van der Waals surface area contributed by atoms with E-state index in [0.29, 0.717) is 4.47 Å². The van der Waals surface area contributed by atoms with Crippen LogP contribution in [0.2, 0.25) is 0 Å². The van der Waals surface area contributed by atoms with Crippen LogP contribution in [0.4, 0.5) is 18.9 Å². The van der Waals surface area contributed by atoms with E-state index >= 15 is 0 Å². The van der Waals surface area contributed by atoms with E-state index in [9.17, 15) is 13.2 Å². The lowest BCUT2D eigenvalue weighted by Crippen LogP contribution is -2.10. The number of halogens is 4. The molecule has 1 aromatic carbocycles. The molecule has 6 heteroatoms. The highest BCUT2D eigenvalue weighted by Crippen LogP contribution is 2.32. The average Bonchev–Trinajstić information content (AvgIpc) is 2.01. The summed E-state index contributed by atoms with van der Waals surface area (Å²) in [6, 6.07) is 3.38. The molecule has 0 fully saturated rings. The molecule has 0 amide bonds. The van der Waals surface area contributed by atoms with E-state index < -0.39 is 11.7 Å². The summed E-state index contributed by atoms with van der Waals surface area (Å²) in [5, 5.41) is 0. The van der Waals surface area contributed by atoms with Crippen LogP contribution in [0.25, 0.3) is 0 Å². The monoisotopic (exact) mass is 254 g/mol. The highest BCUT2D eigenvalue weighted by Gasteiger charge is 2.30. The van der Waals surface area contributed by atoms with Crippen molar-refractivity contribution in [2.45, 2.75) is 6.18 Å². The van der Waals surface area contributed by atoms with Crippen LogP contribution in [0, 0.1) is 0 Å². The molecule has 0 bridgehead atoms. The summed E-state index contributed by atoms with van der Waals surface area (Å²) < 4.78 is 36.9. The summed E-state index contributed by atoms with van der Waals surface area (Å²) in [4.78, 5) is 0. The molecule has 1 aromatic rings. The Kier molecular flexibility index (Phi) is 2.82. The minimum atomic E-state index is -4.35. The van der Waals surface area contributed by atoms with Gasteiger partial charge in [0.15, 0.2) is 0 Å². The van der Waals surface area contributed by atoms with Gasteiger partial charge in [0.2, 0.25) is 0 Å². The van der Waals surface area contributed by atoms with Crippen LogP contribution in [-0.4, -0.2) is 0 Å². The molecule has 2 nitrogen and oxygen atoms in total. The number of hydrazine groups is 1. The van der Waals surface area contributed by atoms with E-state index in [1.54, 1.807) is 0 Å².